The lowest BCUT2D eigenvalue weighted by atomic mass is 10.1. The summed E-state index contributed by atoms with van der Waals surface area (Å²) in [4.78, 5) is 0. The summed E-state index contributed by atoms with van der Waals surface area (Å²) in [5, 5.41) is 12.8. The number of benzene rings is 1. The van der Waals surface area contributed by atoms with E-state index in [0.717, 1.165) is 15.6 Å². The summed E-state index contributed by atoms with van der Waals surface area (Å²) in [6, 6.07) is 3.83. The second kappa shape index (κ2) is 3.77. The van der Waals surface area contributed by atoms with E-state index in [4.69, 9.17) is 16.3 Å². The average Bonchev–Trinajstić information content (AvgIpc) is 2.62. The Morgan fingerprint density at radius 3 is 3.00 bits per heavy atom. The maximum Gasteiger partial charge on any atom is 0.144 e. The standard InChI is InChI=1S/C10H9ClO2S/c1-13-9-7(5-12)10-6(2-3-14-10)4-8(9)11/h2-4,12H,5H2,1H3. The highest BCUT2D eigenvalue weighted by Crippen LogP contribution is 2.37. The molecular formula is C10H9ClO2S. The number of halogens is 1. The SMILES string of the molecule is COc1c(Cl)cc2ccsc2c1CO. The van der Waals surface area contributed by atoms with Gasteiger partial charge in [-0.25, -0.2) is 0 Å². The van der Waals surface area contributed by atoms with Gasteiger partial charge in [-0.2, -0.15) is 0 Å². The van der Waals surface area contributed by atoms with Crippen molar-refractivity contribution in [1.82, 2.24) is 0 Å². The van der Waals surface area contributed by atoms with Gasteiger partial charge in [-0.15, -0.1) is 11.3 Å². The highest BCUT2D eigenvalue weighted by molar-refractivity contribution is 7.17. The molecule has 0 aliphatic heterocycles. The third-order valence-corrected chi connectivity index (χ3v) is 3.38. The van der Waals surface area contributed by atoms with Crippen LogP contribution >= 0.6 is 22.9 Å². The molecule has 1 aromatic carbocycles. The van der Waals surface area contributed by atoms with Crippen molar-refractivity contribution in [3.8, 4) is 5.75 Å². The molecule has 0 amide bonds. The van der Waals surface area contributed by atoms with E-state index in [2.05, 4.69) is 0 Å². The lowest BCUT2D eigenvalue weighted by Crippen LogP contribution is -1.92. The summed E-state index contributed by atoms with van der Waals surface area (Å²) in [6.07, 6.45) is 0. The van der Waals surface area contributed by atoms with Gasteiger partial charge in [0.2, 0.25) is 0 Å². The van der Waals surface area contributed by atoms with Crippen LogP contribution in [0.3, 0.4) is 0 Å². The van der Waals surface area contributed by atoms with E-state index in [0.29, 0.717) is 10.8 Å². The lowest BCUT2D eigenvalue weighted by molar-refractivity contribution is 0.276. The first-order chi connectivity index (χ1) is 6.77. The van der Waals surface area contributed by atoms with Gasteiger partial charge in [0.05, 0.1) is 18.7 Å². The molecule has 74 valence electrons. The van der Waals surface area contributed by atoms with Crippen LogP contribution in [0.1, 0.15) is 5.56 Å². The second-order valence-corrected chi connectivity index (χ2v) is 4.19. The monoisotopic (exact) mass is 228 g/mol. The molecule has 0 aliphatic rings. The summed E-state index contributed by atoms with van der Waals surface area (Å²) in [5.74, 6) is 0.573. The van der Waals surface area contributed by atoms with Crippen molar-refractivity contribution < 1.29 is 9.84 Å². The highest BCUT2D eigenvalue weighted by Gasteiger charge is 2.12. The summed E-state index contributed by atoms with van der Waals surface area (Å²) < 4.78 is 6.20. The average molecular weight is 229 g/mol. The maximum absolute atomic E-state index is 9.26. The largest absolute Gasteiger partial charge is 0.495 e. The molecule has 2 aromatic rings. The molecule has 4 heteroatoms. The Bertz CT molecular complexity index is 464. The number of hydrogen-bond donors (Lipinski definition) is 1. The molecule has 2 nitrogen and oxygen atoms in total. The zero-order valence-corrected chi connectivity index (χ0v) is 9.15. The van der Waals surface area contributed by atoms with Crippen molar-refractivity contribution in [3.05, 3.63) is 28.1 Å². The summed E-state index contributed by atoms with van der Waals surface area (Å²) in [6.45, 7) is -0.0548. The van der Waals surface area contributed by atoms with E-state index in [1.165, 1.54) is 0 Å². The molecule has 0 bridgehead atoms. The fourth-order valence-electron chi connectivity index (χ4n) is 1.49. The minimum absolute atomic E-state index is 0.0548. The number of aliphatic hydroxyl groups is 1. The molecule has 0 radical (unpaired) electrons. The van der Waals surface area contributed by atoms with Crippen molar-refractivity contribution in [1.29, 1.82) is 0 Å². The minimum Gasteiger partial charge on any atom is -0.495 e. The molecular weight excluding hydrogens is 220 g/mol. The van der Waals surface area contributed by atoms with Crippen LogP contribution in [0.15, 0.2) is 17.5 Å². The van der Waals surface area contributed by atoms with Gasteiger partial charge in [-0.1, -0.05) is 11.6 Å². The van der Waals surface area contributed by atoms with Gasteiger partial charge in [0.25, 0.3) is 0 Å². The molecule has 0 saturated carbocycles. The van der Waals surface area contributed by atoms with Gasteiger partial charge in [-0.05, 0) is 22.9 Å². The Morgan fingerprint density at radius 1 is 1.57 bits per heavy atom. The summed E-state index contributed by atoms with van der Waals surface area (Å²) in [5.41, 5.74) is 0.769. The number of thiophene rings is 1. The molecule has 1 N–H and O–H groups in total. The van der Waals surface area contributed by atoms with Gasteiger partial charge in [0, 0.05) is 10.3 Å². The van der Waals surface area contributed by atoms with Crippen LogP contribution in [0, 0.1) is 0 Å². The van der Waals surface area contributed by atoms with Crippen LogP contribution in [0.5, 0.6) is 5.75 Å². The number of rotatable bonds is 2. The first-order valence-corrected chi connectivity index (χ1v) is 5.37. The van der Waals surface area contributed by atoms with E-state index in [-0.39, 0.29) is 6.61 Å². The molecule has 1 heterocycles. The van der Waals surface area contributed by atoms with Crippen molar-refractivity contribution >= 4 is 33.0 Å². The third-order valence-electron chi connectivity index (χ3n) is 2.11. The molecule has 1 aromatic heterocycles. The van der Waals surface area contributed by atoms with Crippen LogP contribution in [-0.4, -0.2) is 12.2 Å². The Balaban J connectivity index is 2.82. The topological polar surface area (TPSA) is 29.5 Å². The van der Waals surface area contributed by atoms with Crippen molar-refractivity contribution in [2.45, 2.75) is 6.61 Å². The Kier molecular flexibility index (Phi) is 2.63. The van der Waals surface area contributed by atoms with E-state index in [1.807, 2.05) is 17.5 Å². The molecule has 14 heavy (non-hydrogen) atoms. The number of hydrogen-bond acceptors (Lipinski definition) is 3. The van der Waals surface area contributed by atoms with E-state index in [9.17, 15) is 5.11 Å². The molecule has 0 unspecified atom stereocenters. The normalized spacial score (nSPS) is 10.8. The third kappa shape index (κ3) is 1.38. The molecule has 0 atom stereocenters. The molecule has 2 rings (SSSR count). The highest BCUT2D eigenvalue weighted by atomic mass is 35.5. The Labute approximate surface area is 90.7 Å². The molecule has 0 saturated heterocycles. The van der Waals surface area contributed by atoms with Crippen molar-refractivity contribution in [3.63, 3.8) is 0 Å². The van der Waals surface area contributed by atoms with Gasteiger partial charge < -0.3 is 9.84 Å². The first-order valence-electron chi connectivity index (χ1n) is 4.11. The minimum atomic E-state index is -0.0548. The van der Waals surface area contributed by atoms with Crippen LogP contribution in [0.25, 0.3) is 10.1 Å². The van der Waals surface area contributed by atoms with Gasteiger partial charge >= 0.3 is 0 Å². The van der Waals surface area contributed by atoms with Crippen molar-refractivity contribution in [2.75, 3.05) is 7.11 Å². The predicted molar refractivity (Wildman–Crippen MR) is 59.3 cm³/mol. The van der Waals surface area contributed by atoms with E-state index >= 15 is 0 Å². The fraction of sp³-hybridized carbons (Fsp3) is 0.200. The number of methoxy groups -OCH3 is 1. The first kappa shape index (κ1) is 9.77. The zero-order chi connectivity index (χ0) is 10.1. The number of aliphatic hydroxyl groups excluding tert-OH is 1. The molecule has 0 aliphatic carbocycles. The van der Waals surface area contributed by atoms with Crippen LogP contribution in [0.4, 0.5) is 0 Å². The summed E-state index contributed by atoms with van der Waals surface area (Å²) >= 11 is 7.59. The Morgan fingerprint density at radius 2 is 2.36 bits per heavy atom. The fourth-order valence-corrected chi connectivity index (χ4v) is 2.71. The van der Waals surface area contributed by atoms with Gasteiger partial charge in [0.1, 0.15) is 5.75 Å². The Hall–Kier alpha value is -0.770. The smallest absolute Gasteiger partial charge is 0.144 e. The quantitative estimate of drug-likeness (QED) is 0.856. The number of ether oxygens (including phenoxy) is 1. The number of fused-ring (bicyclic) bond motifs is 1. The molecule has 0 fully saturated rings. The van der Waals surface area contributed by atoms with Crippen LogP contribution in [0.2, 0.25) is 5.02 Å². The summed E-state index contributed by atoms with van der Waals surface area (Å²) in [7, 11) is 1.56. The second-order valence-electron chi connectivity index (χ2n) is 2.87. The van der Waals surface area contributed by atoms with Crippen molar-refractivity contribution in [2.24, 2.45) is 0 Å². The maximum atomic E-state index is 9.26. The van der Waals surface area contributed by atoms with Crippen LogP contribution < -0.4 is 4.74 Å². The zero-order valence-electron chi connectivity index (χ0n) is 7.58. The van der Waals surface area contributed by atoms with E-state index < -0.39 is 0 Å². The molecule has 0 spiro atoms. The van der Waals surface area contributed by atoms with Gasteiger partial charge in [-0.3, -0.25) is 0 Å². The predicted octanol–water partition coefficient (Wildman–Crippen LogP) is 3.06. The van der Waals surface area contributed by atoms with Gasteiger partial charge in [0.15, 0.2) is 0 Å². The lowest BCUT2D eigenvalue weighted by Gasteiger charge is -2.09. The van der Waals surface area contributed by atoms with E-state index in [1.54, 1.807) is 18.4 Å². The van der Waals surface area contributed by atoms with Crippen LogP contribution in [-0.2, 0) is 6.61 Å².